The van der Waals surface area contributed by atoms with Gasteiger partial charge in [-0.15, -0.1) is 0 Å². The number of nitrogens with zero attached hydrogens (tertiary/aromatic N) is 1. The number of para-hydroxylation sites is 1. The summed E-state index contributed by atoms with van der Waals surface area (Å²) >= 11 is 0. The Morgan fingerprint density at radius 3 is 2.64 bits per heavy atom. The van der Waals surface area contributed by atoms with Gasteiger partial charge in [-0.2, -0.15) is 0 Å². The second kappa shape index (κ2) is 7.66. The van der Waals surface area contributed by atoms with Crippen LogP contribution in [-0.4, -0.2) is 37.4 Å². The lowest BCUT2D eigenvalue weighted by molar-refractivity contribution is -0.142. The molecule has 1 N–H and O–H groups in total. The predicted molar refractivity (Wildman–Crippen MR) is 98.4 cm³/mol. The van der Waals surface area contributed by atoms with E-state index in [0.29, 0.717) is 6.42 Å². The topological polar surface area (TPSA) is 63.7 Å². The van der Waals surface area contributed by atoms with E-state index >= 15 is 0 Å². The lowest BCUT2D eigenvalue weighted by atomic mass is 10.1. The van der Waals surface area contributed by atoms with Crippen molar-refractivity contribution in [1.29, 1.82) is 0 Å². The fourth-order valence-corrected chi connectivity index (χ4v) is 2.71. The van der Waals surface area contributed by atoms with E-state index in [1.54, 1.807) is 13.3 Å². The summed E-state index contributed by atoms with van der Waals surface area (Å²) in [6.45, 7) is 0. The molecule has 5 nitrogen and oxygen atoms in total. The van der Waals surface area contributed by atoms with Crippen LogP contribution >= 0.6 is 0 Å². The van der Waals surface area contributed by atoms with Crippen LogP contribution in [0.4, 0.5) is 0 Å². The quantitative estimate of drug-likeness (QED) is 0.554. The van der Waals surface area contributed by atoms with E-state index in [1.165, 1.54) is 7.11 Å². The fourth-order valence-electron chi connectivity index (χ4n) is 2.71. The molecule has 0 bridgehead atoms. The molecular weight excluding hydrogens is 316 g/mol. The van der Waals surface area contributed by atoms with E-state index in [2.05, 4.69) is 9.98 Å². The molecule has 1 heterocycles. The Kier molecular flexibility index (Phi) is 5.14. The molecule has 128 valence electrons. The standard InChI is InChI=1S/C20H20N2O3/c1-24-16-9-7-14(8-10-16)12-21-19(20(23)25-2)11-15-13-22-18-6-4-3-5-17(15)18/h3-10,12-13,19,22H,11H2,1-2H3. The number of carbonyl (C=O) groups is 1. The van der Waals surface area contributed by atoms with Crippen molar-refractivity contribution in [3.05, 3.63) is 65.9 Å². The number of benzene rings is 2. The van der Waals surface area contributed by atoms with Gasteiger partial charge in [0.05, 0.1) is 14.2 Å². The van der Waals surface area contributed by atoms with Crippen LogP contribution in [0.3, 0.4) is 0 Å². The molecule has 25 heavy (non-hydrogen) atoms. The summed E-state index contributed by atoms with van der Waals surface area (Å²) in [6, 6.07) is 14.9. The Morgan fingerprint density at radius 2 is 1.92 bits per heavy atom. The van der Waals surface area contributed by atoms with Crippen LogP contribution in [0.1, 0.15) is 11.1 Å². The molecule has 5 heteroatoms. The average Bonchev–Trinajstić information content (AvgIpc) is 3.08. The third kappa shape index (κ3) is 3.88. The van der Waals surface area contributed by atoms with Gasteiger partial charge in [0, 0.05) is 29.7 Å². The third-order valence-electron chi connectivity index (χ3n) is 4.08. The number of H-pyrrole nitrogens is 1. The maximum absolute atomic E-state index is 12.1. The van der Waals surface area contributed by atoms with Crippen LogP contribution in [0, 0.1) is 0 Å². The van der Waals surface area contributed by atoms with Crippen LogP contribution in [-0.2, 0) is 16.0 Å². The highest BCUT2D eigenvalue weighted by Crippen LogP contribution is 2.20. The van der Waals surface area contributed by atoms with Gasteiger partial charge in [-0.05, 0) is 41.5 Å². The molecule has 1 atom stereocenters. The van der Waals surface area contributed by atoms with Crippen molar-refractivity contribution >= 4 is 23.1 Å². The second-order valence-electron chi connectivity index (χ2n) is 5.65. The molecule has 0 aliphatic rings. The summed E-state index contributed by atoms with van der Waals surface area (Å²) in [5.41, 5.74) is 2.98. The number of aromatic nitrogens is 1. The summed E-state index contributed by atoms with van der Waals surface area (Å²) in [4.78, 5) is 19.8. The first kappa shape index (κ1) is 16.8. The van der Waals surface area contributed by atoms with Crippen LogP contribution in [0.2, 0.25) is 0 Å². The van der Waals surface area contributed by atoms with Gasteiger partial charge in [-0.1, -0.05) is 18.2 Å². The largest absolute Gasteiger partial charge is 0.497 e. The summed E-state index contributed by atoms with van der Waals surface area (Å²) in [7, 11) is 3.01. The molecule has 3 aromatic rings. The fraction of sp³-hybridized carbons (Fsp3) is 0.200. The maximum Gasteiger partial charge on any atom is 0.330 e. The lowest BCUT2D eigenvalue weighted by Gasteiger charge is -2.09. The minimum absolute atomic E-state index is 0.352. The summed E-state index contributed by atoms with van der Waals surface area (Å²) in [5.74, 6) is 0.426. The van der Waals surface area contributed by atoms with E-state index < -0.39 is 6.04 Å². The Labute approximate surface area is 146 Å². The minimum Gasteiger partial charge on any atom is -0.497 e. The van der Waals surface area contributed by atoms with Crippen molar-refractivity contribution in [1.82, 2.24) is 4.98 Å². The van der Waals surface area contributed by atoms with E-state index in [1.807, 2.05) is 54.7 Å². The van der Waals surface area contributed by atoms with E-state index in [4.69, 9.17) is 9.47 Å². The normalized spacial score (nSPS) is 12.4. The molecule has 1 unspecified atom stereocenters. The molecule has 3 rings (SSSR count). The van der Waals surface area contributed by atoms with E-state index in [-0.39, 0.29) is 5.97 Å². The molecule has 0 aliphatic carbocycles. The predicted octanol–water partition coefficient (Wildman–Crippen LogP) is 3.38. The molecule has 1 aromatic heterocycles. The smallest absolute Gasteiger partial charge is 0.330 e. The highest BCUT2D eigenvalue weighted by Gasteiger charge is 2.19. The van der Waals surface area contributed by atoms with Gasteiger partial charge in [-0.25, -0.2) is 4.79 Å². The Morgan fingerprint density at radius 1 is 1.16 bits per heavy atom. The van der Waals surface area contributed by atoms with Crippen LogP contribution in [0.15, 0.2) is 59.7 Å². The molecule has 0 radical (unpaired) electrons. The van der Waals surface area contributed by atoms with Crippen LogP contribution in [0.5, 0.6) is 5.75 Å². The van der Waals surface area contributed by atoms with Gasteiger partial charge < -0.3 is 14.5 Å². The Hall–Kier alpha value is -3.08. The lowest BCUT2D eigenvalue weighted by Crippen LogP contribution is -2.23. The number of aromatic amines is 1. The molecule has 2 aromatic carbocycles. The zero-order chi connectivity index (χ0) is 17.6. The van der Waals surface area contributed by atoms with Crippen molar-refractivity contribution < 1.29 is 14.3 Å². The number of carbonyl (C=O) groups excluding carboxylic acids is 1. The van der Waals surface area contributed by atoms with Crippen molar-refractivity contribution in [2.75, 3.05) is 14.2 Å². The third-order valence-corrected chi connectivity index (χ3v) is 4.08. The molecule has 0 saturated carbocycles. The Balaban J connectivity index is 1.82. The van der Waals surface area contributed by atoms with Gasteiger partial charge in [0.2, 0.25) is 0 Å². The summed E-state index contributed by atoms with van der Waals surface area (Å²) in [5, 5.41) is 1.09. The number of hydrogen-bond donors (Lipinski definition) is 1. The number of aliphatic imine (C=N–C) groups is 1. The van der Waals surface area contributed by atoms with Crippen molar-refractivity contribution in [3.8, 4) is 5.75 Å². The SMILES string of the molecule is COC(=O)C(Cc1c[nH]c2ccccc12)N=Cc1ccc(OC)cc1. The van der Waals surface area contributed by atoms with Gasteiger partial charge in [0.1, 0.15) is 5.75 Å². The Bertz CT molecular complexity index is 881. The summed E-state index contributed by atoms with van der Waals surface area (Å²) < 4.78 is 10.1. The first-order chi connectivity index (χ1) is 12.2. The zero-order valence-corrected chi connectivity index (χ0v) is 14.2. The number of ether oxygens (including phenoxy) is 2. The number of esters is 1. The van der Waals surface area contributed by atoms with Gasteiger partial charge in [0.15, 0.2) is 6.04 Å². The van der Waals surface area contributed by atoms with Crippen molar-refractivity contribution in [2.45, 2.75) is 12.5 Å². The molecule has 0 saturated heterocycles. The van der Waals surface area contributed by atoms with Gasteiger partial charge in [-0.3, -0.25) is 4.99 Å². The highest BCUT2D eigenvalue weighted by molar-refractivity contribution is 5.86. The van der Waals surface area contributed by atoms with E-state index in [9.17, 15) is 4.79 Å². The highest BCUT2D eigenvalue weighted by atomic mass is 16.5. The second-order valence-corrected chi connectivity index (χ2v) is 5.65. The zero-order valence-electron chi connectivity index (χ0n) is 14.2. The molecule has 0 spiro atoms. The molecule has 0 amide bonds. The van der Waals surface area contributed by atoms with Gasteiger partial charge >= 0.3 is 5.97 Å². The molecule has 0 fully saturated rings. The number of nitrogens with one attached hydrogen (secondary N) is 1. The van der Waals surface area contributed by atoms with Crippen molar-refractivity contribution in [3.63, 3.8) is 0 Å². The average molecular weight is 336 g/mol. The monoisotopic (exact) mass is 336 g/mol. The van der Waals surface area contributed by atoms with Crippen molar-refractivity contribution in [2.24, 2.45) is 4.99 Å². The maximum atomic E-state index is 12.1. The molecular formula is C20H20N2O3. The molecule has 0 aliphatic heterocycles. The minimum atomic E-state index is -0.591. The number of methoxy groups -OCH3 is 2. The first-order valence-corrected chi connectivity index (χ1v) is 8.01. The first-order valence-electron chi connectivity index (χ1n) is 8.01. The summed E-state index contributed by atoms with van der Waals surface area (Å²) in [6.07, 6.45) is 4.09. The van der Waals surface area contributed by atoms with Crippen LogP contribution < -0.4 is 4.74 Å². The van der Waals surface area contributed by atoms with Gasteiger partial charge in [0.25, 0.3) is 0 Å². The number of fused-ring (bicyclic) bond motifs is 1. The number of hydrogen-bond acceptors (Lipinski definition) is 4. The van der Waals surface area contributed by atoms with E-state index in [0.717, 1.165) is 27.8 Å². The number of rotatable bonds is 6. The van der Waals surface area contributed by atoms with Crippen LogP contribution in [0.25, 0.3) is 10.9 Å².